The van der Waals surface area contributed by atoms with Gasteiger partial charge >= 0.3 is 6.03 Å². The van der Waals surface area contributed by atoms with E-state index in [-0.39, 0.29) is 23.7 Å². The van der Waals surface area contributed by atoms with Crippen LogP contribution in [0.2, 0.25) is 0 Å². The summed E-state index contributed by atoms with van der Waals surface area (Å²) in [5.74, 6) is -0.138. The number of imidazole rings is 1. The lowest BCUT2D eigenvalue weighted by Gasteiger charge is -2.30. The number of carbonyl (C=O) groups excluding carboxylic acids is 1. The first kappa shape index (κ1) is 23.9. The summed E-state index contributed by atoms with van der Waals surface area (Å²) in [6.07, 6.45) is 9.78. The smallest absolute Gasteiger partial charge is 0.318 e. The highest BCUT2D eigenvalue weighted by Gasteiger charge is 2.25. The van der Waals surface area contributed by atoms with Gasteiger partial charge in [0.1, 0.15) is 0 Å². The largest absolute Gasteiger partial charge is 0.475 e. The fourth-order valence-electron chi connectivity index (χ4n) is 4.26. The zero-order chi connectivity index (χ0) is 24.1. The Bertz CT molecular complexity index is 1140. The molecule has 9 nitrogen and oxygen atoms in total. The molecule has 2 amide bonds. The predicted octanol–water partition coefficient (Wildman–Crippen LogP) is 3.99. The number of aromatic nitrogens is 4. The zero-order valence-corrected chi connectivity index (χ0v) is 19.8. The first-order valence-electron chi connectivity index (χ1n) is 11.7. The fourth-order valence-corrected chi connectivity index (χ4v) is 4.26. The van der Waals surface area contributed by atoms with E-state index in [1.807, 2.05) is 13.8 Å². The maximum absolute atomic E-state index is 14.9. The molecule has 4 rings (SSSR count). The number of amides is 2. The van der Waals surface area contributed by atoms with E-state index in [2.05, 4.69) is 20.3 Å². The SMILES string of the molecule is CCN1C(=O)NC(COC)CCCCCOc2nc(cn3ccnc23)-c2cc(ncc2F)C1C. The number of carbonyl (C=O) groups is 1. The van der Waals surface area contributed by atoms with Gasteiger partial charge in [0.25, 0.3) is 5.88 Å². The van der Waals surface area contributed by atoms with E-state index >= 15 is 0 Å². The van der Waals surface area contributed by atoms with Crippen LogP contribution in [0.25, 0.3) is 16.9 Å². The molecule has 0 radical (unpaired) electrons. The molecule has 0 spiro atoms. The zero-order valence-electron chi connectivity index (χ0n) is 19.8. The van der Waals surface area contributed by atoms with Crippen molar-refractivity contribution in [3.63, 3.8) is 0 Å². The van der Waals surface area contributed by atoms with Gasteiger partial charge in [0, 0.05) is 37.8 Å². The van der Waals surface area contributed by atoms with Crippen LogP contribution in [0.3, 0.4) is 0 Å². The predicted molar refractivity (Wildman–Crippen MR) is 125 cm³/mol. The standard InChI is InChI=1S/C24H31FN6O3/c1-4-31-16(2)20-12-18(19(25)13-27-20)21-14-30-10-9-26-22(30)23(29-21)34-11-7-5-6-8-17(15-33-3)28-24(31)32/h9-10,12-14,16-17H,4-8,11,15H2,1-3H3,(H,28,32). The van der Waals surface area contributed by atoms with Crippen LogP contribution in [0.15, 0.2) is 30.9 Å². The summed E-state index contributed by atoms with van der Waals surface area (Å²) < 4.78 is 28.0. The van der Waals surface area contributed by atoms with Crippen LogP contribution in [0.4, 0.5) is 9.18 Å². The van der Waals surface area contributed by atoms with Crippen molar-refractivity contribution in [2.45, 2.75) is 51.6 Å². The Kier molecular flexibility index (Phi) is 7.56. The van der Waals surface area contributed by atoms with Gasteiger partial charge in [-0.15, -0.1) is 0 Å². The minimum absolute atomic E-state index is 0.103. The van der Waals surface area contributed by atoms with Gasteiger partial charge in [-0.05, 0) is 39.2 Å². The molecule has 3 aromatic heterocycles. The van der Waals surface area contributed by atoms with Gasteiger partial charge < -0.3 is 24.1 Å². The maximum Gasteiger partial charge on any atom is 0.318 e. The number of hydrogen-bond acceptors (Lipinski definition) is 6. The number of urea groups is 1. The Morgan fingerprint density at radius 1 is 1.29 bits per heavy atom. The summed E-state index contributed by atoms with van der Waals surface area (Å²) in [5.41, 5.74) is 1.84. The van der Waals surface area contributed by atoms with Crippen LogP contribution in [-0.4, -0.2) is 63.2 Å². The number of ether oxygens (including phenoxy) is 2. The molecule has 1 aliphatic heterocycles. The Labute approximate surface area is 198 Å². The summed E-state index contributed by atoms with van der Waals surface area (Å²) in [4.78, 5) is 28.0. The Hall–Kier alpha value is -3.27. The van der Waals surface area contributed by atoms with Crippen molar-refractivity contribution in [3.05, 3.63) is 42.4 Å². The average molecular weight is 471 g/mol. The second-order valence-corrected chi connectivity index (χ2v) is 8.44. The van der Waals surface area contributed by atoms with Crippen LogP contribution in [-0.2, 0) is 4.74 Å². The van der Waals surface area contributed by atoms with E-state index in [4.69, 9.17) is 9.47 Å². The minimum Gasteiger partial charge on any atom is -0.475 e. The molecule has 0 aromatic carbocycles. The van der Waals surface area contributed by atoms with Gasteiger partial charge in [-0.25, -0.2) is 19.2 Å². The molecule has 4 heterocycles. The Morgan fingerprint density at radius 3 is 2.94 bits per heavy atom. The van der Waals surface area contributed by atoms with Crippen molar-refractivity contribution in [2.75, 3.05) is 26.9 Å². The molecule has 3 aromatic rings. The first-order valence-corrected chi connectivity index (χ1v) is 11.7. The van der Waals surface area contributed by atoms with Crippen LogP contribution in [0.1, 0.15) is 51.3 Å². The van der Waals surface area contributed by atoms with E-state index in [0.717, 1.165) is 25.7 Å². The van der Waals surface area contributed by atoms with Crippen molar-refractivity contribution in [2.24, 2.45) is 0 Å². The summed E-state index contributed by atoms with van der Waals surface area (Å²) in [6.45, 7) is 5.16. The number of methoxy groups -OCH3 is 1. The van der Waals surface area contributed by atoms with E-state index in [0.29, 0.717) is 42.7 Å². The number of fused-ring (bicyclic) bond motifs is 7. The number of rotatable bonds is 3. The molecule has 2 atom stereocenters. The Balaban J connectivity index is 1.75. The van der Waals surface area contributed by atoms with Gasteiger partial charge in [-0.3, -0.25) is 4.98 Å². The second kappa shape index (κ2) is 10.8. The number of hydrogen-bond donors (Lipinski definition) is 1. The highest BCUT2D eigenvalue weighted by Crippen LogP contribution is 2.29. The van der Waals surface area contributed by atoms with E-state index < -0.39 is 5.82 Å². The highest BCUT2D eigenvalue weighted by molar-refractivity contribution is 5.75. The number of halogens is 1. The van der Waals surface area contributed by atoms with Crippen LogP contribution >= 0.6 is 0 Å². The molecule has 1 N–H and O–H groups in total. The van der Waals surface area contributed by atoms with E-state index in [1.54, 1.807) is 41.1 Å². The van der Waals surface area contributed by atoms with Crippen molar-refractivity contribution >= 4 is 11.7 Å². The highest BCUT2D eigenvalue weighted by atomic mass is 19.1. The normalized spacial score (nSPS) is 20.0. The van der Waals surface area contributed by atoms with Crippen molar-refractivity contribution in [1.29, 1.82) is 0 Å². The molecule has 34 heavy (non-hydrogen) atoms. The van der Waals surface area contributed by atoms with Gasteiger partial charge in [0.2, 0.25) is 5.65 Å². The van der Waals surface area contributed by atoms with Gasteiger partial charge in [0.05, 0.1) is 42.9 Å². The summed E-state index contributed by atoms with van der Waals surface area (Å²) in [6, 6.07) is 0.970. The van der Waals surface area contributed by atoms with Gasteiger partial charge in [0.15, 0.2) is 5.82 Å². The summed E-state index contributed by atoms with van der Waals surface area (Å²) >= 11 is 0. The van der Waals surface area contributed by atoms with Gasteiger partial charge in [-0.2, -0.15) is 0 Å². The van der Waals surface area contributed by atoms with Crippen LogP contribution in [0.5, 0.6) is 5.88 Å². The maximum atomic E-state index is 14.9. The number of nitrogens with one attached hydrogen (secondary N) is 1. The van der Waals surface area contributed by atoms with Gasteiger partial charge in [-0.1, -0.05) is 6.42 Å². The third-order valence-corrected chi connectivity index (χ3v) is 6.12. The first-order chi connectivity index (χ1) is 16.5. The van der Waals surface area contributed by atoms with E-state index in [1.165, 1.54) is 6.20 Å². The van der Waals surface area contributed by atoms with Crippen LogP contribution in [0, 0.1) is 5.82 Å². The number of nitrogens with zero attached hydrogens (tertiary/aromatic N) is 5. The minimum atomic E-state index is -0.501. The molecule has 2 unspecified atom stereocenters. The quantitative estimate of drug-likeness (QED) is 0.622. The lowest BCUT2D eigenvalue weighted by molar-refractivity contribution is 0.144. The van der Waals surface area contributed by atoms with Crippen molar-refractivity contribution in [3.8, 4) is 17.1 Å². The molecule has 182 valence electrons. The molecule has 0 aliphatic carbocycles. The van der Waals surface area contributed by atoms with Crippen LogP contribution < -0.4 is 10.1 Å². The lowest BCUT2D eigenvalue weighted by atomic mass is 10.1. The molecule has 4 bridgehead atoms. The third kappa shape index (κ3) is 5.11. The summed E-state index contributed by atoms with van der Waals surface area (Å²) in [7, 11) is 1.63. The topological polar surface area (TPSA) is 93.9 Å². The molecule has 0 saturated carbocycles. The third-order valence-electron chi connectivity index (χ3n) is 6.12. The summed E-state index contributed by atoms with van der Waals surface area (Å²) in [5, 5.41) is 3.09. The van der Waals surface area contributed by atoms with Crippen molar-refractivity contribution in [1.82, 2.24) is 29.6 Å². The number of pyridine rings is 1. The van der Waals surface area contributed by atoms with Crippen molar-refractivity contribution < 1.29 is 18.7 Å². The second-order valence-electron chi connectivity index (χ2n) is 8.44. The van der Waals surface area contributed by atoms with E-state index in [9.17, 15) is 9.18 Å². The molecule has 0 fully saturated rings. The lowest BCUT2D eigenvalue weighted by Crippen LogP contribution is -2.47. The molecule has 10 heteroatoms. The fraction of sp³-hybridized carbons (Fsp3) is 0.500. The monoisotopic (exact) mass is 470 g/mol. The molecular formula is C24H31FN6O3. The molecular weight excluding hydrogens is 439 g/mol. The molecule has 0 saturated heterocycles. The average Bonchev–Trinajstić information content (AvgIpc) is 3.30. The molecule has 1 aliphatic rings. The Morgan fingerprint density at radius 2 is 2.15 bits per heavy atom.